The number of rotatable bonds is 6. The molecule has 2 aliphatic rings. The first-order valence-electron chi connectivity index (χ1n) is 10.3. The molecule has 2 N–H and O–H groups in total. The van der Waals surface area contributed by atoms with Crippen LogP contribution < -0.4 is 10.6 Å². The van der Waals surface area contributed by atoms with E-state index in [9.17, 15) is 9.18 Å². The van der Waals surface area contributed by atoms with E-state index in [-0.39, 0.29) is 11.7 Å². The summed E-state index contributed by atoms with van der Waals surface area (Å²) < 4.78 is 13.5. The van der Waals surface area contributed by atoms with E-state index in [4.69, 9.17) is 0 Å². The first-order valence-corrected chi connectivity index (χ1v) is 10.3. The molecule has 1 saturated heterocycles. The molecule has 1 atom stereocenters. The predicted molar refractivity (Wildman–Crippen MR) is 116 cm³/mol. The summed E-state index contributed by atoms with van der Waals surface area (Å²) in [6.45, 7) is 6.45. The predicted octanol–water partition coefficient (Wildman–Crippen LogP) is 4.47. The fraction of sp³-hybridized carbons (Fsp3) is 0.391. The number of aliphatic imine (C=N–C) groups is 1. The maximum atomic E-state index is 13.5. The molecule has 1 amide bonds. The van der Waals surface area contributed by atoms with E-state index in [1.165, 1.54) is 44.5 Å². The fourth-order valence-corrected chi connectivity index (χ4v) is 4.02. The number of likely N-dealkylation sites (tertiary alicyclic amines) is 1. The molecule has 2 aliphatic heterocycles. The minimum absolute atomic E-state index is 0.179. The third kappa shape index (κ3) is 4.65. The van der Waals surface area contributed by atoms with Gasteiger partial charge >= 0.3 is 0 Å². The van der Waals surface area contributed by atoms with Gasteiger partial charge in [-0.25, -0.2) is 4.39 Å². The Bertz CT molecular complexity index is 921. The third-order valence-corrected chi connectivity index (χ3v) is 5.66. The molecular weight excluding hydrogens is 367 g/mol. The average molecular weight is 394 g/mol. The van der Waals surface area contributed by atoms with Crippen molar-refractivity contribution in [3.8, 4) is 0 Å². The topological polar surface area (TPSA) is 56.7 Å². The van der Waals surface area contributed by atoms with Gasteiger partial charge < -0.3 is 15.5 Å². The van der Waals surface area contributed by atoms with Gasteiger partial charge in [-0.15, -0.1) is 0 Å². The molecule has 0 spiro atoms. The lowest BCUT2D eigenvalue weighted by atomic mass is 10.0. The quantitative estimate of drug-likeness (QED) is 0.711. The van der Waals surface area contributed by atoms with Gasteiger partial charge in [-0.1, -0.05) is 6.42 Å². The molecular formula is C23H27FN4O. The Hall–Kier alpha value is -2.73. The highest BCUT2D eigenvalue weighted by Crippen LogP contribution is 2.32. The number of hydrogen-bond acceptors (Lipinski definition) is 4. The highest BCUT2D eigenvalue weighted by molar-refractivity contribution is 6.12. The van der Waals surface area contributed by atoms with Crippen molar-refractivity contribution < 1.29 is 9.18 Å². The Morgan fingerprint density at radius 1 is 1.21 bits per heavy atom. The molecule has 29 heavy (non-hydrogen) atoms. The highest BCUT2D eigenvalue weighted by atomic mass is 19.1. The van der Waals surface area contributed by atoms with E-state index in [0.29, 0.717) is 11.3 Å². The van der Waals surface area contributed by atoms with Crippen LogP contribution in [0.4, 0.5) is 21.5 Å². The van der Waals surface area contributed by atoms with Crippen molar-refractivity contribution in [2.45, 2.75) is 32.1 Å². The number of carbonyl (C=O) groups excluding carboxylic acids is 1. The Balaban J connectivity index is 1.38. The maximum Gasteiger partial charge on any atom is 0.237 e. The summed E-state index contributed by atoms with van der Waals surface area (Å²) in [6, 6.07) is 10.3. The Morgan fingerprint density at radius 2 is 2.03 bits per heavy atom. The molecule has 2 heterocycles. The number of nitrogens with zero attached hydrogens (tertiary/aromatic N) is 2. The van der Waals surface area contributed by atoms with Crippen molar-refractivity contribution in [1.82, 2.24) is 4.90 Å². The summed E-state index contributed by atoms with van der Waals surface area (Å²) in [5, 5.41) is 6.28. The molecule has 2 aromatic carbocycles. The minimum Gasteiger partial charge on any atom is -0.384 e. The molecule has 6 heteroatoms. The van der Waals surface area contributed by atoms with Crippen molar-refractivity contribution in [2.75, 3.05) is 36.8 Å². The van der Waals surface area contributed by atoms with Crippen LogP contribution in [-0.2, 0) is 4.79 Å². The average Bonchev–Trinajstić information content (AvgIpc) is 3.03. The van der Waals surface area contributed by atoms with Crippen molar-refractivity contribution >= 4 is 29.2 Å². The van der Waals surface area contributed by atoms with Gasteiger partial charge in [0.1, 0.15) is 11.7 Å². The summed E-state index contributed by atoms with van der Waals surface area (Å²) in [6.07, 6.45) is 5.57. The van der Waals surface area contributed by atoms with Crippen molar-refractivity contribution in [3.63, 3.8) is 0 Å². The largest absolute Gasteiger partial charge is 0.384 e. The van der Waals surface area contributed by atoms with E-state index in [1.807, 2.05) is 18.2 Å². The Labute approximate surface area is 171 Å². The normalized spacial score (nSPS) is 19.4. The third-order valence-electron chi connectivity index (χ3n) is 5.66. The number of anilines is 2. The van der Waals surface area contributed by atoms with Crippen LogP contribution in [0, 0.1) is 12.7 Å². The molecule has 0 aromatic heterocycles. The molecule has 0 saturated carbocycles. The van der Waals surface area contributed by atoms with E-state index in [2.05, 4.69) is 27.4 Å². The van der Waals surface area contributed by atoms with Gasteiger partial charge in [0.15, 0.2) is 0 Å². The number of benzene rings is 2. The number of aryl methyl sites for hydroxylation is 1. The van der Waals surface area contributed by atoms with Crippen LogP contribution in [0.1, 0.15) is 36.3 Å². The van der Waals surface area contributed by atoms with Crippen LogP contribution in [-0.4, -0.2) is 43.2 Å². The number of piperidine rings is 1. The summed E-state index contributed by atoms with van der Waals surface area (Å²) in [5.41, 5.74) is 4.28. The van der Waals surface area contributed by atoms with Crippen LogP contribution in [0.25, 0.3) is 0 Å². The second-order valence-electron chi connectivity index (χ2n) is 7.80. The zero-order valence-corrected chi connectivity index (χ0v) is 16.7. The number of halogens is 1. The first kappa shape index (κ1) is 19.6. The van der Waals surface area contributed by atoms with Gasteiger partial charge in [-0.2, -0.15) is 0 Å². The van der Waals surface area contributed by atoms with Gasteiger partial charge in [0.05, 0.1) is 5.69 Å². The van der Waals surface area contributed by atoms with Gasteiger partial charge in [0.2, 0.25) is 5.91 Å². The van der Waals surface area contributed by atoms with Gasteiger partial charge in [-0.3, -0.25) is 9.79 Å². The van der Waals surface area contributed by atoms with E-state index in [1.54, 1.807) is 12.3 Å². The summed E-state index contributed by atoms with van der Waals surface area (Å²) in [4.78, 5) is 19.2. The standard InChI is InChI=1S/C23H27FN4O/c1-16-13-18(6-8-21(16)25-9-12-28-10-3-2-4-11-28)26-15-20-19-14-17(24)5-7-22(19)27-23(20)29/h5-8,13-15,20,25H,2-4,9-12H2,1H3,(H,27,29). The molecule has 0 bridgehead atoms. The number of fused-ring (bicyclic) bond motifs is 1. The van der Waals surface area contributed by atoms with Gasteiger partial charge in [-0.05, 0) is 80.4 Å². The molecule has 0 radical (unpaired) electrons. The van der Waals surface area contributed by atoms with Crippen LogP contribution in [0.15, 0.2) is 41.4 Å². The number of nitrogens with one attached hydrogen (secondary N) is 2. The van der Waals surface area contributed by atoms with Crippen molar-refractivity contribution in [1.29, 1.82) is 0 Å². The maximum absolute atomic E-state index is 13.5. The molecule has 4 rings (SSSR count). The van der Waals surface area contributed by atoms with Crippen molar-refractivity contribution in [2.24, 2.45) is 4.99 Å². The minimum atomic E-state index is -0.566. The summed E-state index contributed by atoms with van der Waals surface area (Å²) in [7, 11) is 0. The molecule has 152 valence electrons. The second-order valence-corrected chi connectivity index (χ2v) is 7.80. The summed E-state index contributed by atoms with van der Waals surface area (Å²) >= 11 is 0. The van der Waals surface area contributed by atoms with Crippen LogP contribution >= 0.6 is 0 Å². The number of hydrogen-bond donors (Lipinski definition) is 2. The van der Waals surface area contributed by atoms with Crippen LogP contribution in [0.2, 0.25) is 0 Å². The number of carbonyl (C=O) groups is 1. The second kappa shape index (κ2) is 8.74. The summed E-state index contributed by atoms with van der Waals surface area (Å²) in [5.74, 6) is -1.10. The van der Waals surface area contributed by atoms with Gasteiger partial charge in [0, 0.05) is 30.7 Å². The molecule has 1 fully saturated rings. The molecule has 2 aromatic rings. The lowest BCUT2D eigenvalue weighted by molar-refractivity contribution is -0.115. The van der Waals surface area contributed by atoms with E-state index >= 15 is 0 Å². The lowest BCUT2D eigenvalue weighted by Gasteiger charge is -2.26. The SMILES string of the molecule is Cc1cc(N=CC2C(=O)Nc3ccc(F)cc32)ccc1NCCN1CCCCC1. The van der Waals surface area contributed by atoms with Crippen molar-refractivity contribution in [3.05, 3.63) is 53.3 Å². The zero-order chi connectivity index (χ0) is 20.2. The molecule has 1 unspecified atom stereocenters. The van der Waals surface area contributed by atoms with Crippen LogP contribution in [0.3, 0.4) is 0 Å². The molecule has 0 aliphatic carbocycles. The monoisotopic (exact) mass is 394 g/mol. The highest BCUT2D eigenvalue weighted by Gasteiger charge is 2.29. The number of amides is 1. The van der Waals surface area contributed by atoms with Crippen LogP contribution in [0.5, 0.6) is 0 Å². The van der Waals surface area contributed by atoms with E-state index in [0.717, 1.165) is 30.0 Å². The van der Waals surface area contributed by atoms with Gasteiger partial charge in [0.25, 0.3) is 0 Å². The smallest absolute Gasteiger partial charge is 0.237 e. The first-order chi connectivity index (χ1) is 14.1. The lowest BCUT2D eigenvalue weighted by Crippen LogP contribution is -2.33. The fourth-order valence-electron chi connectivity index (χ4n) is 4.02. The van der Waals surface area contributed by atoms with E-state index < -0.39 is 5.92 Å². The Morgan fingerprint density at radius 3 is 2.83 bits per heavy atom. The molecule has 5 nitrogen and oxygen atoms in total. The zero-order valence-electron chi connectivity index (χ0n) is 16.7. The Kier molecular flexibility index (Phi) is 5.90.